The van der Waals surface area contributed by atoms with Crippen molar-refractivity contribution in [3.05, 3.63) is 30.1 Å². The summed E-state index contributed by atoms with van der Waals surface area (Å²) in [6, 6.07) is 5.88. The number of hydrogen-bond donors (Lipinski definition) is 2. The van der Waals surface area contributed by atoms with Crippen LogP contribution in [-0.4, -0.2) is 29.5 Å². The second-order valence-electron chi connectivity index (χ2n) is 4.23. The number of nitrogens with zero attached hydrogens (tertiary/aromatic N) is 1. The summed E-state index contributed by atoms with van der Waals surface area (Å²) < 4.78 is 0. The van der Waals surface area contributed by atoms with Crippen LogP contribution < -0.4 is 10.6 Å². The van der Waals surface area contributed by atoms with Crippen molar-refractivity contribution in [1.82, 2.24) is 15.6 Å². The van der Waals surface area contributed by atoms with Gasteiger partial charge in [-0.1, -0.05) is 6.07 Å². The van der Waals surface area contributed by atoms with Gasteiger partial charge in [-0.25, -0.2) is 0 Å². The molecule has 2 heterocycles. The van der Waals surface area contributed by atoms with E-state index in [4.69, 9.17) is 0 Å². The van der Waals surface area contributed by atoms with E-state index in [0.29, 0.717) is 6.42 Å². The summed E-state index contributed by atoms with van der Waals surface area (Å²) in [5.41, 5.74) is 0.949. The van der Waals surface area contributed by atoms with Crippen molar-refractivity contribution in [2.24, 2.45) is 0 Å². The van der Waals surface area contributed by atoms with E-state index in [1.807, 2.05) is 25.1 Å². The summed E-state index contributed by atoms with van der Waals surface area (Å²) in [5, 5.41) is 6.24. The molecule has 1 aliphatic heterocycles. The van der Waals surface area contributed by atoms with E-state index >= 15 is 0 Å². The van der Waals surface area contributed by atoms with Crippen LogP contribution in [0.4, 0.5) is 0 Å². The minimum absolute atomic E-state index is 0.0793. The molecule has 1 aromatic rings. The maximum atomic E-state index is 11.8. The number of amides is 1. The average Bonchev–Trinajstić information content (AvgIpc) is 2.43. The Hall–Kier alpha value is -1.42. The van der Waals surface area contributed by atoms with Gasteiger partial charge in [0.2, 0.25) is 5.91 Å². The SMILES string of the molecule is CC1CCNC(Cc2ccccn2)C(=O)N1. The maximum absolute atomic E-state index is 11.8. The lowest BCUT2D eigenvalue weighted by Crippen LogP contribution is -2.44. The van der Waals surface area contributed by atoms with Crippen LogP contribution in [-0.2, 0) is 11.2 Å². The molecule has 1 fully saturated rings. The lowest BCUT2D eigenvalue weighted by atomic mass is 10.1. The van der Waals surface area contributed by atoms with E-state index < -0.39 is 0 Å². The summed E-state index contributed by atoms with van der Waals surface area (Å²) in [7, 11) is 0. The Bertz CT molecular complexity index is 353. The molecule has 0 saturated carbocycles. The molecule has 0 spiro atoms. The monoisotopic (exact) mass is 219 g/mol. The van der Waals surface area contributed by atoms with Gasteiger partial charge in [0.25, 0.3) is 0 Å². The number of carbonyl (C=O) groups excluding carboxylic acids is 1. The van der Waals surface area contributed by atoms with Gasteiger partial charge in [0.05, 0.1) is 6.04 Å². The molecule has 0 aliphatic carbocycles. The zero-order valence-corrected chi connectivity index (χ0v) is 9.44. The van der Waals surface area contributed by atoms with Crippen LogP contribution in [0.2, 0.25) is 0 Å². The van der Waals surface area contributed by atoms with E-state index in [2.05, 4.69) is 15.6 Å². The van der Waals surface area contributed by atoms with Crippen LogP contribution in [0.1, 0.15) is 19.0 Å². The highest BCUT2D eigenvalue weighted by atomic mass is 16.2. The minimum atomic E-state index is -0.153. The lowest BCUT2D eigenvalue weighted by molar-refractivity contribution is -0.123. The van der Waals surface area contributed by atoms with Gasteiger partial charge in [-0.05, 0) is 32.0 Å². The second kappa shape index (κ2) is 5.07. The highest BCUT2D eigenvalue weighted by Crippen LogP contribution is 2.04. The van der Waals surface area contributed by atoms with Crippen molar-refractivity contribution in [3.8, 4) is 0 Å². The molecule has 4 nitrogen and oxygen atoms in total. The van der Waals surface area contributed by atoms with Crippen molar-refractivity contribution in [2.45, 2.75) is 31.8 Å². The number of hydrogen-bond acceptors (Lipinski definition) is 3. The van der Waals surface area contributed by atoms with Gasteiger partial charge in [0.15, 0.2) is 0 Å². The van der Waals surface area contributed by atoms with Crippen LogP contribution in [0.25, 0.3) is 0 Å². The zero-order valence-electron chi connectivity index (χ0n) is 9.44. The standard InChI is InChI=1S/C12H17N3O/c1-9-5-7-14-11(12(16)15-9)8-10-4-2-3-6-13-10/h2-4,6,9,11,14H,5,7-8H2,1H3,(H,15,16). The molecule has 1 amide bonds. The third-order valence-electron chi connectivity index (χ3n) is 2.81. The number of pyridine rings is 1. The molecule has 1 aromatic heterocycles. The van der Waals surface area contributed by atoms with Gasteiger partial charge in [0, 0.05) is 24.4 Å². The fraction of sp³-hybridized carbons (Fsp3) is 0.500. The Morgan fingerprint density at radius 3 is 3.12 bits per heavy atom. The van der Waals surface area contributed by atoms with Crippen LogP contribution >= 0.6 is 0 Å². The third-order valence-corrected chi connectivity index (χ3v) is 2.81. The highest BCUT2D eigenvalue weighted by Gasteiger charge is 2.23. The maximum Gasteiger partial charge on any atom is 0.237 e. The molecule has 1 saturated heterocycles. The van der Waals surface area contributed by atoms with Crippen molar-refractivity contribution in [1.29, 1.82) is 0 Å². The van der Waals surface area contributed by atoms with Crippen LogP contribution in [0, 0.1) is 0 Å². The molecule has 2 atom stereocenters. The fourth-order valence-corrected chi connectivity index (χ4v) is 1.88. The van der Waals surface area contributed by atoms with Gasteiger partial charge >= 0.3 is 0 Å². The molecule has 0 aromatic carbocycles. The Kier molecular flexibility index (Phi) is 3.51. The zero-order chi connectivity index (χ0) is 11.4. The quantitative estimate of drug-likeness (QED) is 0.761. The number of nitrogens with one attached hydrogen (secondary N) is 2. The van der Waals surface area contributed by atoms with Gasteiger partial charge in [-0.2, -0.15) is 0 Å². The topological polar surface area (TPSA) is 54.0 Å². The number of carbonyl (C=O) groups is 1. The van der Waals surface area contributed by atoms with E-state index in [1.54, 1.807) is 6.20 Å². The van der Waals surface area contributed by atoms with Crippen molar-refractivity contribution in [3.63, 3.8) is 0 Å². The smallest absolute Gasteiger partial charge is 0.237 e. The highest BCUT2D eigenvalue weighted by molar-refractivity contribution is 5.82. The van der Waals surface area contributed by atoms with E-state index in [-0.39, 0.29) is 18.0 Å². The molecule has 0 bridgehead atoms. The van der Waals surface area contributed by atoms with Crippen molar-refractivity contribution in [2.75, 3.05) is 6.54 Å². The molecule has 16 heavy (non-hydrogen) atoms. The Labute approximate surface area is 95.5 Å². The van der Waals surface area contributed by atoms with Gasteiger partial charge < -0.3 is 10.6 Å². The van der Waals surface area contributed by atoms with Crippen molar-refractivity contribution >= 4 is 5.91 Å². The molecule has 4 heteroatoms. The summed E-state index contributed by atoms with van der Waals surface area (Å²) in [4.78, 5) is 16.1. The second-order valence-corrected chi connectivity index (χ2v) is 4.23. The molecule has 86 valence electrons. The minimum Gasteiger partial charge on any atom is -0.352 e. The van der Waals surface area contributed by atoms with E-state index in [0.717, 1.165) is 18.7 Å². The van der Waals surface area contributed by atoms with E-state index in [9.17, 15) is 4.79 Å². The van der Waals surface area contributed by atoms with Gasteiger partial charge in [-0.3, -0.25) is 9.78 Å². The Balaban J connectivity index is 2.01. The van der Waals surface area contributed by atoms with Crippen LogP contribution in [0.5, 0.6) is 0 Å². The first-order chi connectivity index (χ1) is 7.75. The average molecular weight is 219 g/mol. The van der Waals surface area contributed by atoms with Crippen molar-refractivity contribution < 1.29 is 4.79 Å². The summed E-state index contributed by atoms with van der Waals surface area (Å²) >= 11 is 0. The molecule has 2 unspecified atom stereocenters. The van der Waals surface area contributed by atoms with Crippen LogP contribution in [0.15, 0.2) is 24.4 Å². The summed E-state index contributed by atoms with van der Waals surface area (Å²) in [6.45, 7) is 2.90. The Morgan fingerprint density at radius 2 is 2.38 bits per heavy atom. The predicted octanol–water partition coefficient (Wildman–Crippen LogP) is 0.491. The lowest BCUT2D eigenvalue weighted by Gasteiger charge is -2.14. The number of rotatable bonds is 2. The molecule has 2 rings (SSSR count). The van der Waals surface area contributed by atoms with Gasteiger partial charge in [-0.15, -0.1) is 0 Å². The molecule has 0 radical (unpaired) electrons. The molecule has 1 aliphatic rings. The molecule has 2 N–H and O–H groups in total. The summed E-state index contributed by atoms with van der Waals surface area (Å²) in [5.74, 6) is 0.0793. The summed E-state index contributed by atoms with van der Waals surface area (Å²) in [6.07, 6.45) is 3.39. The fourth-order valence-electron chi connectivity index (χ4n) is 1.88. The van der Waals surface area contributed by atoms with Crippen LogP contribution in [0.3, 0.4) is 0 Å². The number of aromatic nitrogens is 1. The normalized spacial score (nSPS) is 25.9. The molecular formula is C12H17N3O. The largest absolute Gasteiger partial charge is 0.352 e. The first-order valence-electron chi connectivity index (χ1n) is 5.69. The first kappa shape index (κ1) is 11.1. The third kappa shape index (κ3) is 2.79. The predicted molar refractivity (Wildman–Crippen MR) is 62.0 cm³/mol. The van der Waals surface area contributed by atoms with Gasteiger partial charge in [0.1, 0.15) is 0 Å². The Morgan fingerprint density at radius 1 is 1.50 bits per heavy atom. The van der Waals surface area contributed by atoms with E-state index in [1.165, 1.54) is 0 Å². The first-order valence-corrected chi connectivity index (χ1v) is 5.69. The molecular weight excluding hydrogens is 202 g/mol.